The molecule has 3 N–H and O–H groups in total. The van der Waals surface area contributed by atoms with Crippen LogP contribution in [0.2, 0.25) is 15.1 Å². The predicted octanol–water partition coefficient (Wildman–Crippen LogP) is 4.36. The number of hydrogen-bond acceptors (Lipinski definition) is 2. The molecule has 0 heterocycles. The van der Waals surface area contributed by atoms with Crippen molar-refractivity contribution in [1.29, 1.82) is 0 Å². The summed E-state index contributed by atoms with van der Waals surface area (Å²) < 4.78 is 0. The normalized spacial score (nSPS) is 10.3. The predicted molar refractivity (Wildman–Crippen MR) is 83.8 cm³/mol. The third-order valence-corrected chi connectivity index (χ3v) is 3.79. The molecule has 0 radical (unpaired) electrons. The highest BCUT2D eigenvalue weighted by atomic mass is 35.5. The summed E-state index contributed by atoms with van der Waals surface area (Å²) in [5, 5.41) is 4.63. The van der Waals surface area contributed by atoms with Gasteiger partial charge in [-0.1, -0.05) is 40.9 Å². The lowest BCUT2D eigenvalue weighted by Gasteiger charge is -2.10. The smallest absolute Gasteiger partial charge is 0.248 e. The molecule has 0 bridgehead atoms. The van der Waals surface area contributed by atoms with Crippen molar-refractivity contribution in [1.82, 2.24) is 0 Å². The first kappa shape index (κ1) is 15.0. The highest BCUT2D eigenvalue weighted by molar-refractivity contribution is 6.42. The van der Waals surface area contributed by atoms with Crippen LogP contribution in [0.3, 0.4) is 0 Å². The van der Waals surface area contributed by atoms with Gasteiger partial charge in [-0.3, -0.25) is 4.79 Å². The van der Waals surface area contributed by atoms with Crippen molar-refractivity contribution in [3.63, 3.8) is 0 Å². The van der Waals surface area contributed by atoms with Crippen molar-refractivity contribution < 1.29 is 4.79 Å². The van der Waals surface area contributed by atoms with Gasteiger partial charge < -0.3 is 11.1 Å². The fraction of sp³-hybridized carbons (Fsp3) is 0.0714. The Morgan fingerprint density at radius 1 is 1.00 bits per heavy atom. The molecule has 104 valence electrons. The van der Waals surface area contributed by atoms with Crippen LogP contribution in [0.15, 0.2) is 36.4 Å². The summed E-state index contributed by atoms with van der Waals surface area (Å²) in [4.78, 5) is 11.1. The van der Waals surface area contributed by atoms with Gasteiger partial charge in [0, 0.05) is 12.1 Å². The zero-order valence-corrected chi connectivity index (χ0v) is 12.6. The van der Waals surface area contributed by atoms with Gasteiger partial charge in [0.05, 0.1) is 20.8 Å². The Morgan fingerprint density at radius 2 is 1.70 bits per heavy atom. The van der Waals surface area contributed by atoms with Gasteiger partial charge in [-0.2, -0.15) is 0 Å². The van der Waals surface area contributed by atoms with E-state index in [4.69, 9.17) is 40.5 Å². The first-order chi connectivity index (χ1) is 9.47. The van der Waals surface area contributed by atoms with Gasteiger partial charge in [0.1, 0.15) is 0 Å². The molecule has 2 aromatic carbocycles. The van der Waals surface area contributed by atoms with E-state index in [1.165, 1.54) is 0 Å². The van der Waals surface area contributed by atoms with E-state index in [2.05, 4.69) is 5.32 Å². The number of nitrogens with two attached hydrogens (primary N) is 1. The third kappa shape index (κ3) is 3.57. The Kier molecular flexibility index (Phi) is 4.76. The van der Waals surface area contributed by atoms with E-state index in [1.54, 1.807) is 30.3 Å². The third-order valence-electron chi connectivity index (χ3n) is 2.72. The van der Waals surface area contributed by atoms with Crippen LogP contribution in [0.1, 0.15) is 15.9 Å². The molecule has 0 atom stereocenters. The van der Waals surface area contributed by atoms with Gasteiger partial charge in [-0.25, -0.2) is 0 Å². The molecule has 0 unspecified atom stereocenters. The number of halogens is 3. The number of amides is 1. The number of rotatable bonds is 4. The number of benzene rings is 2. The molecule has 0 aromatic heterocycles. The minimum atomic E-state index is -0.501. The molecular formula is C14H11Cl3N2O. The fourth-order valence-corrected chi connectivity index (χ4v) is 2.17. The highest BCUT2D eigenvalue weighted by Crippen LogP contribution is 2.25. The van der Waals surface area contributed by atoms with Crippen LogP contribution in [-0.2, 0) is 6.54 Å². The zero-order valence-electron chi connectivity index (χ0n) is 10.3. The molecule has 2 rings (SSSR count). The lowest BCUT2D eigenvalue weighted by Crippen LogP contribution is -2.11. The monoisotopic (exact) mass is 328 g/mol. The maximum Gasteiger partial charge on any atom is 0.248 e. The maximum absolute atomic E-state index is 11.1. The van der Waals surface area contributed by atoms with Gasteiger partial charge in [-0.15, -0.1) is 0 Å². The average molecular weight is 330 g/mol. The summed E-state index contributed by atoms with van der Waals surface area (Å²) in [5.74, 6) is -0.501. The fourth-order valence-electron chi connectivity index (χ4n) is 1.66. The first-order valence-electron chi connectivity index (χ1n) is 5.74. The molecular weight excluding hydrogens is 319 g/mol. The van der Waals surface area contributed by atoms with Crippen molar-refractivity contribution in [2.45, 2.75) is 6.54 Å². The second kappa shape index (κ2) is 6.35. The standard InChI is InChI=1S/C14H11Cl3N2O/c15-10-3-1-8(5-12(10)17)7-19-13-6-9(14(18)20)2-4-11(13)16/h1-6,19H,7H2,(H2,18,20). The van der Waals surface area contributed by atoms with Crippen LogP contribution in [0.5, 0.6) is 0 Å². The topological polar surface area (TPSA) is 55.1 Å². The molecule has 0 spiro atoms. The van der Waals surface area contributed by atoms with E-state index in [0.29, 0.717) is 32.9 Å². The van der Waals surface area contributed by atoms with Crippen molar-refractivity contribution >= 4 is 46.4 Å². The summed E-state index contributed by atoms with van der Waals surface area (Å²) in [6.07, 6.45) is 0. The average Bonchev–Trinajstić information content (AvgIpc) is 2.41. The Morgan fingerprint density at radius 3 is 2.35 bits per heavy atom. The second-order valence-corrected chi connectivity index (χ2v) is 5.38. The molecule has 20 heavy (non-hydrogen) atoms. The summed E-state index contributed by atoms with van der Waals surface area (Å²) in [5.41, 5.74) is 7.21. The van der Waals surface area contributed by atoms with E-state index in [9.17, 15) is 4.79 Å². The molecule has 1 amide bonds. The van der Waals surface area contributed by atoms with Crippen LogP contribution < -0.4 is 11.1 Å². The van der Waals surface area contributed by atoms with Crippen LogP contribution in [-0.4, -0.2) is 5.91 Å². The van der Waals surface area contributed by atoms with Gasteiger partial charge in [0.15, 0.2) is 0 Å². The van der Waals surface area contributed by atoms with Crippen molar-refractivity contribution in [2.24, 2.45) is 5.73 Å². The van der Waals surface area contributed by atoms with Gasteiger partial charge in [0.25, 0.3) is 0 Å². The summed E-state index contributed by atoms with van der Waals surface area (Å²) in [7, 11) is 0. The lowest BCUT2D eigenvalue weighted by atomic mass is 10.1. The molecule has 0 aliphatic heterocycles. The zero-order chi connectivity index (χ0) is 14.7. The van der Waals surface area contributed by atoms with Crippen molar-refractivity contribution in [3.05, 3.63) is 62.6 Å². The number of carbonyl (C=O) groups excluding carboxylic acids is 1. The quantitative estimate of drug-likeness (QED) is 0.875. The SMILES string of the molecule is NC(=O)c1ccc(Cl)c(NCc2ccc(Cl)c(Cl)c2)c1. The van der Waals surface area contributed by atoms with E-state index < -0.39 is 5.91 Å². The largest absolute Gasteiger partial charge is 0.380 e. The summed E-state index contributed by atoms with van der Waals surface area (Å²) in [6, 6.07) is 10.2. The maximum atomic E-state index is 11.1. The number of anilines is 1. The number of hydrogen-bond donors (Lipinski definition) is 2. The van der Waals surface area contributed by atoms with Crippen LogP contribution in [0.4, 0.5) is 5.69 Å². The molecule has 0 saturated carbocycles. The molecule has 0 aliphatic rings. The summed E-state index contributed by atoms with van der Waals surface area (Å²) in [6.45, 7) is 0.499. The molecule has 3 nitrogen and oxygen atoms in total. The molecule has 2 aromatic rings. The molecule has 0 fully saturated rings. The van der Waals surface area contributed by atoms with E-state index in [0.717, 1.165) is 5.56 Å². The Balaban J connectivity index is 2.15. The van der Waals surface area contributed by atoms with Crippen molar-refractivity contribution in [2.75, 3.05) is 5.32 Å². The van der Waals surface area contributed by atoms with E-state index in [-0.39, 0.29) is 0 Å². The van der Waals surface area contributed by atoms with E-state index >= 15 is 0 Å². The first-order valence-corrected chi connectivity index (χ1v) is 6.88. The van der Waals surface area contributed by atoms with Gasteiger partial charge >= 0.3 is 0 Å². The molecule has 0 saturated heterocycles. The molecule has 0 aliphatic carbocycles. The van der Waals surface area contributed by atoms with Crippen LogP contribution in [0, 0.1) is 0 Å². The van der Waals surface area contributed by atoms with Gasteiger partial charge in [-0.05, 0) is 35.9 Å². The van der Waals surface area contributed by atoms with Crippen molar-refractivity contribution in [3.8, 4) is 0 Å². The minimum Gasteiger partial charge on any atom is -0.380 e. The molecule has 6 heteroatoms. The second-order valence-electron chi connectivity index (χ2n) is 4.16. The minimum absolute atomic E-state index is 0.394. The van der Waals surface area contributed by atoms with Gasteiger partial charge in [0.2, 0.25) is 5.91 Å². The lowest BCUT2D eigenvalue weighted by molar-refractivity contribution is 0.100. The van der Waals surface area contributed by atoms with Crippen LogP contribution >= 0.6 is 34.8 Å². The highest BCUT2D eigenvalue weighted by Gasteiger charge is 2.06. The Labute approximate surface area is 131 Å². The Bertz CT molecular complexity index is 659. The number of carbonyl (C=O) groups is 1. The Hall–Kier alpha value is -1.42. The van der Waals surface area contributed by atoms with E-state index in [1.807, 2.05) is 6.07 Å². The number of primary amides is 1. The van der Waals surface area contributed by atoms with Crippen LogP contribution in [0.25, 0.3) is 0 Å². The summed E-state index contributed by atoms with van der Waals surface area (Å²) >= 11 is 17.9. The number of nitrogens with one attached hydrogen (secondary N) is 1.